The average molecular weight is 275 g/mol. The third-order valence-corrected chi connectivity index (χ3v) is 5.72. The fourth-order valence-corrected chi connectivity index (χ4v) is 3.60. The molecule has 1 unspecified atom stereocenters. The highest BCUT2D eigenvalue weighted by molar-refractivity contribution is 8.00. The van der Waals surface area contributed by atoms with Crippen LogP contribution in [0, 0.1) is 0 Å². The van der Waals surface area contributed by atoms with E-state index >= 15 is 0 Å². The smallest absolute Gasteiger partial charge is 0.134 e. The molecular weight excluding hydrogens is 254 g/mol. The van der Waals surface area contributed by atoms with Crippen LogP contribution in [0.3, 0.4) is 0 Å². The van der Waals surface area contributed by atoms with Crippen molar-refractivity contribution in [3.63, 3.8) is 0 Å². The van der Waals surface area contributed by atoms with Crippen LogP contribution in [0.15, 0.2) is 34.7 Å². The van der Waals surface area contributed by atoms with Gasteiger partial charge in [0.05, 0.1) is 6.04 Å². The molecule has 0 bridgehead atoms. The third-order valence-electron chi connectivity index (χ3n) is 4.30. The molecule has 0 amide bonds. The highest BCUT2D eigenvalue weighted by Gasteiger charge is 2.36. The first-order chi connectivity index (χ1) is 9.22. The van der Waals surface area contributed by atoms with Gasteiger partial charge in [-0.3, -0.25) is 0 Å². The van der Waals surface area contributed by atoms with Crippen LogP contribution in [-0.2, 0) is 0 Å². The Kier molecular flexibility index (Phi) is 3.59. The van der Waals surface area contributed by atoms with E-state index in [4.69, 9.17) is 4.42 Å². The number of rotatable bonds is 5. The van der Waals surface area contributed by atoms with Crippen LogP contribution in [0.2, 0.25) is 0 Å². The first-order valence-corrected chi connectivity index (χ1v) is 8.22. The number of fused-ring (bicyclic) bond motifs is 1. The van der Waals surface area contributed by atoms with Crippen LogP contribution < -0.4 is 5.32 Å². The number of para-hydroxylation sites is 1. The molecule has 1 heterocycles. The zero-order chi connectivity index (χ0) is 13.3. The van der Waals surface area contributed by atoms with E-state index in [1.165, 1.54) is 24.6 Å². The second-order valence-corrected chi connectivity index (χ2v) is 6.80. The Morgan fingerprint density at radius 3 is 2.79 bits per heavy atom. The fraction of sp³-hybridized carbons (Fsp3) is 0.500. The van der Waals surface area contributed by atoms with Crippen LogP contribution >= 0.6 is 11.8 Å². The van der Waals surface area contributed by atoms with Gasteiger partial charge >= 0.3 is 0 Å². The van der Waals surface area contributed by atoms with Crippen LogP contribution in [0.5, 0.6) is 0 Å². The molecule has 2 aromatic rings. The maximum atomic E-state index is 5.91. The van der Waals surface area contributed by atoms with Crippen LogP contribution in [0.4, 0.5) is 0 Å². The lowest BCUT2D eigenvalue weighted by molar-refractivity contribution is 0.325. The number of hydrogen-bond donors (Lipinski definition) is 1. The second kappa shape index (κ2) is 5.22. The van der Waals surface area contributed by atoms with Gasteiger partial charge in [0.25, 0.3) is 0 Å². The predicted molar refractivity (Wildman–Crippen MR) is 82.7 cm³/mol. The molecule has 3 heteroatoms. The molecule has 1 aliphatic rings. The summed E-state index contributed by atoms with van der Waals surface area (Å²) in [5, 5.41) is 4.83. The maximum Gasteiger partial charge on any atom is 0.134 e. The number of hydrogen-bond acceptors (Lipinski definition) is 3. The van der Waals surface area contributed by atoms with Crippen molar-refractivity contribution in [2.75, 3.05) is 12.8 Å². The molecule has 0 saturated heterocycles. The molecule has 102 valence electrons. The number of furan rings is 1. The van der Waals surface area contributed by atoms with Crippen LogP contribution in [0.1, 0.15) is 38.0 Å². The minimum Gasteiger partial charge on any atom is -0.459 e. The van der Waals surface area contributed by atoms with Crippen molar-refractivity contribution in [1.82, 2.24) is 5.32 Å². The maximum absolute atomic E-state index is 5.91. The molecule has 1 aromatic carbocycles. The predicted octanol–water partition coefficient (Wildman–Crippen LogP) is 4.37. The summed E-state index contributed by atoms with van der Waals surface area (Å²) in [7, 11) is 0. The van der Waals surface area contributed by atoms with E-state index in [2.05, 4.69) is 36.7 Å². The van der Waals surface area contributed by atoms with Gasteiger partial charge < -0.3 is 9.73 Å². The Balaban J connectivity index is 1.68. The summed E-state index contributed by atoms with van der Waals surface area (Å²) in [6.07, 6.45) is 6.29. The van der Waals surface area contributed by atoms with Gasteiger partial charge in [0, 0.05) is 16.7 Å². The Morgan fingerprint density at radius 2 is 2.16 bits per heavy atom. The zero-order valence-corrected chi connectivity index (χ0v) is 12.4. The Bertz CT molecular complexity index is 520. The molecule has 3 rings (SSSR count). The number of thioether (sulfide) groups is 1. The quantitative estimate of drug-likeness (QED) is 0.877. The summed E-state index contributed by atoms with van der Waals surface area (Å²) >= 11 is 2.01. The zero-order valence-electron chi connectivity index (χ0n) is 11.6. The highest BCUT2D eigenvalue weighted by Crippen LogP contribution is 2.42. The molecular formula is C16H21NOS. The van der Waals surface area contributed by atoms with E-state index < -0.39 is 0 Å². The van der Waals surface area contributed by atoms with E-state index in [1.54, 1.807) is 0 Å². The van der Waals surface area contributed by atoms with Crippen molar-refractivity contribution in [2.45, 2.75) is 37.0 Å². The number of benzene rings is 1. The fourth-order valence-electron chi connectivity index (χ4n) is 2.68. The molecule has 1 aromatic heterocycles. The van der Waals surface area contributed by atoms with Crippen LogP contribution in [-0.4, -0.2) is 17.5 Å². The summed E-state index contributed by atoms with van der Waals surface area (Å²) in [5.41, 5.74) is 0.981. The van der Waals surface area contributed by atoms with Crippen molar-refractivity contribution in [3.8, 4) is 0 Å². The Labute approximate surface area is 118 Å². The van der Waals surface area contributed by atoms with Gasteiger partial charge in [-0.2, -0.15) is 11.8 Å². The summed E-state index contributed by atoms with van der Waals surface area (Å²) in [5.74, 6) is 1.04. The van der Waals surface area contributed by atoms with Crippen molar-refractivity contribution in [2.24, 2.45) is 0 Å². The van der Waals surface area contributed by atoms with Gasteiger partial charge in [-0.25, -0.2) is 0 Å². The molecule has 1 N–H and O–H groups in total. The van der Waals surface area contributed by atoms with Crippen LogP contribution in [0.25, 0.3) is 11.0 Å². The molecule has 1 saturated carbocycles. The summed E-state index contributed by atoms with van der Waals surface area (Å²) in [4.78, 5) is 0. The number of nitrogens with one attached hydrogen (secondary N) is 1. The van der Waals surface area contributed by atoms with E-state index in [9.17, 15) is 0 Å². The van der Waals surface area contributed by atoms with Crippen molar-refractivity contribution in [1.29, 1.82) is 0 Å². The molecule has 1 aliphatic carbocycles. The van der Waals surface area contributed by atoms with E-state index in [0.717, 1.165) is 17.9 Å². The molecule has 19 heavy (non-hydrogen) atoms. The third kappa shape index (κ3) is 2.54. The molecule has 1 atom stereocenters. The second-order valence-electron chi connectivity index (χ2n) is 5.53. The topological polar surface area (TPSA) is 25.2 Å². The Morgan fingerprint density at radius 1 is 1.37 bits per heavy atom. The largest absolute Gasteiger partial charge is 0.459 e. The van der Waals surface area contributed by atoms with Crippen molar-refractivity contribution < 1.29 is 4.42 Å². The molecule has 0 aliphatic heterocycles. The first-order valence-electron chi connectivity index (χ1n) is 6.99. The first kappa shape index (κ1) is 13.1. The molecule has 0 radical (unpaired) electrons. The summed E-state index contributed by atoms with van der Waals surface area (Å²) in [6.45, 7) is 3.26. The average Bonchev–Trinajstić information content (AvgIpc) is 2.81. The van der Waals surface area contributed by atoms with Gasteiger partial charge in [0.2, 0.25) is 0 Å². The molecule has 0 spiro atoms. The van der Waals surface area contributed by atoms with Gasteiger partial charge in [-0.1, -0.05) is 24.6 Å². The lowest BCUT2D eigenvalue weighted by atomic mass is 9.84. The van der Waals surface area contributed by atoms with Gasteiger partial charge in [-0.15, -0.1) is 0 Å². The minimum absolute atomic E-state index is 0.275. The van der Waals surface area contributed by atoms with E-state index in [-0.39, 0.29) is 6.04 Å². The molecule has 2 nitrogen and oxygen atoms in total. The van der Waals surface area contributed by atoms with E-state index in [0.29, 0.717) is 4.75 Å². The normalized spacial score (nSPS) is 19.3. The summed E-state index contributed by atoms with van der Waals surface area (Å²) < 4.78 is 6.38. The molecule has 1 fully saturated rings. The summed E-state index contributed by atoms with van der Waals surface area (Å²) in [6, 6.07) is 10.6. The van der Waals surface area contributed by atoms with Crippen molar-refractivity contribution >= 4 is 22.7 Å². The van der Waals surface area contributed by atoms with Gasteiger partial charge in [-0.05, 0) is 38.2 Å². The van der Waals surface area contributed by atoms with E-state index in [1.807, 2.05) is 23.9 Å². The monoisotopic (exact) mass is 275 g/mol. The lowest BCUT2D eigenvalue weighted by Gasteiger charge is -2.41. The van der Waals surface area contributed by atoms with Gasteiger partial charge in [0.1, 0.15) is 11.3 Å². The van der Waals surface area contributed by atoms with Crippen molar-refractivity contribution in [3.05, 3.63) is 36.1 Å². The van der Waals surface area contributed by atoms with Gasteiger partial charge in [0.15, 0.2) is 0 Å². The SMILES string of the molecule is CSC1(CNC(C)c2cc3ccccc3o2)CCC1. The highest BCUT2D eigenvalue weighted by atomic mass is 32.2. The lowest BCUT2D eigenvalue weighted by Crippen LogP contribution is -2.43. The standard InChI is InChI=1S/C16H21NOS/c1-12(17-11-16(19-2)8-5-9-16)15-10-13-6-3-4-7-14(13)18-15/h3-4,6-7,10,12,17H,5,8-9,11H2,1-2H3. The minimum atomic E-state index is 0.275. The Hall–Kier alpha value is -0.930.